The van der Waals surface area contributed by atoms with E-state index in [1.807, 2.05) is 0 Å². The van der Waals surface area contributed by atoms with E-state index in [2.05, 4.69) is 22.8 Å². The van der Waals surface area contributed by atoms with Crippen molar-refractivity contribution in [3.8, 4) is 0 Å². The van der Waals surface area contributed by atoms with Crippen molar-refractivity contribution < 1.29 is 9.53 Å². The molecule has 0 rings (SSSR count). The molecule has 0 aliphatic rings. The van der Waals surface area contributed by atoms with E-state index >= 15 is 0 Å². The van der Waals surface area contributed by atoms with Crippen LogP contribution in [0.3, 0.4) is 0 Å². The van der Waals surface area contributed by atoms with Crippen LogP contribution in [0.25, 0.3) is 0 Å². The monoisotopic (exact) mass is 114 g/mol. The van der Waals surface area contributed by atoms with E-state index in [-0.39, 0.29) is 0 Å². The quantitative estimate of drug-likeness (QED) is 0.536. The first kappa shape index (κ1) is 7.01. The maximum Gasteiger partial charge on any atom is 0.411 e. The van der Waals surface area contributed by atoms with Gasteiger partial charge in [0.1, 0.15) is 0 Å². The summed E-state index contributed by atoms with van der Waals surface area (Å²) in [6.45, 7) is 5.24. The Kier molecular flexibility index (Phi) is 3.66. The molecule has 0 fully saturated rings. The third-order valence-corrected chi connectivity index (χ3v) is 0.466. The maximum atomic E-state index is 10.2. The third kappa shape index (κ3) is 3.21. The summed E-state index contributed by atoms with van der Waals surface area (Å²) in [7, 11) is 0. The van der Waals surface area contributed by atoms with Crippen molar-refractivity contribution in [1.29, 1.82) is 0 Å². The van der Waals surface area contributed by atoms with Crippen LogP contribution in [0.2, 0.25) is 0 Å². The number of alkyl carbamates (subject to hydrolysis) is 1. The molecule has 45 valence electrons. The van der Waals surface area contributed by atoms with Crippen molar-refractivity contribution in [2.75, 3.05) is 6.61 Å². The van der Waals surface area contributed by atoms with Gasteiger partial charge in [0, 0.05) is 0 Å². The number of hydrogen-bond donors (Lipinski definition) is 1. The second-order valence-electron chi connectivity index (χ2n) is 1.02. The summed E-state index contributed by atoms with van der Waals surface area (Å²) in [4.78, 5) is 10.2. The molecular formula is C5H8NO2. The maximum absolute atomic E-state index is 10.2. The lowest BCUT2D eigenvalue weighted by atomic mass is 10.8. The van der Waals surface area contributed by atoms with E-state index in [1.54, 1.807) is 6.92 Å². The molecule has 3 heteroatoms. The summed E-state index contributed by atoms with van der Waals surface area (Å²) in [6, 6.07) is 0. The minimum atomic E-state index is -0.512. The predicted molar refractivity (Wildman–Crippen MR) is 29.0 cm³/mol. The fraction of sp³-hybridized carbons (Fsp3) is 0.400. The number of carbonyl (C=O) groups is 1. The Morgan fingerprint density at radius 3 is 3.00 bits per heavy atom. The van der Waals surface area contributed by atoms with Gasteiger partial charge < -0.3 is 4.74 Å². The summed E-state index contributed by atoms with van der Waals surface area (Å²) >= 11 is 0. The van der Waals surface area contributed by atoms with Crippen LogP contribution in [0.5, 0.6) is 0 Å². The highest BCUT2D eigenvalue weighted by Crippen LogP contribution is 1.72. The second-order valence-corrected chi connectivity index (χ2v) is 1.02. The number of rotatable bonds is 2. The van der Waals surface area contributed by atoms with E-state index < -0.39 is 6.09 Å². The Bertz CT molecular complexity index is 90.4. The van der Waals surface area contributed by atoms with Gasteiger partial charge >= 0.3 is 6.09 Å². The first-order valence-corrected chi connectivity index (χ1v) is 2.26. The van der Waals surface area contributed by atoms with Crippen molar-refractivity contribution in [2.45, 2.75) is 6.92 Å². The largest absolute Gasteiger partial charge is 0.450 e. The number of nitrogens with one attached hydrogen (secondary N) is 1. The van der Waals surface area contributed by atoms with Crippen LogP contribution in [0, 0.1) is 6.20 Å². The molecule has 0 aromatic heterocycles. The molecule has 0 aliphatic carbocycles. The molecule has 0 aliphatic heterocycles. The molecule has 1 amide bonds. The van der Waals surface area contributed by atoms with Crippen molar-refractivity contribution in [3.63, 3.8) is 0 Å². The van der Waals surface area contributed by atoms with Crippen molar-refractivity contribution in [1.82, 2.24) is 5.32 Å². The van der Waals surface area contributed by atoms with Gasteiger partial charge in [-0.25, -0.2) is 4.79 Å². The zero-order valence-electron chi connectivity index (χ0n) is 4.73. The number of amides is 1. The molecule has 0 bridgehead atoms. The molecule has 3 nitrogen and oxygen atoms in total. The first-order valence-electron chi connectivity index (χ1n) is 2.26. The average molecular weight is 114 g/mol. The number of ether oxygens (including phenoxy) is 1. The molecule has 0 saturated carbocycles. The Morgan fingerprint density at radius 1 is 2.00 bits per heavy atom. The summed E-state index contributed by atoms with van der Waals surface area (Å²) in [5, 5.41) is 2.12. The fourth-order valence-electron chi connectivity index (χ4n) is 0.239. The molecule has 1 N–H and O–H groups in total. The van der Waals surface area contributed by atoms with Gasteiger partial charge in [0.2, 0.25) is 0 Å². The van der Waals surface area contributed by atoms with Crippen LogP contribution in [0.1, 0.15) is 6.92 Å². The fourth-order valence-corrected chi connectivity index (χ4v) is 0.239. The van der Waals surface area contributed by atoms with Gasteiger partial charge in [-0.2, -0.15) is 0 Å². The predicted octanol–water partition coefficient (Wildman–Crippen LogP) is 0.679. The zero-order valence-corrected chi connectivity index (χ0v) is 4.73. The SMILES string of the molecule is C=[C]NC(=O)OCC. The lowest BCUT2D eigenvalue weighted by Gasteiger charge is -1.96. The smallest absolute Gasteiger partial charge is 0.411 e. The molecule has 0 heterocycles. The summed E-state index contributed by atoms with van der Waals surface area (Å²) in [5.74, 6) is 0. The summed E-state index contributed by atoms with van der Waals surface area (Å²) < 4.78 is 4.43. The Balaban J connectivity index is 3.18. The summed E-state index contributed by atoms with van der Waals surface area (Å²) in [6.07, 6.45) is 1.67. The number of carbonyl (C=O) groups excluding carboxylic acids is 1. The minimum Gasteiger partial charge on any atom is -0.450 e. The standard InChI is InChI=1S/C5H8NO2/c1-3-6-5(7)8-4-2/h1,4H2,2H3,(H,6,7). The lowest BCUT2D eigenvalue weighted by Crippen LogP contribution is -2.17. The molecule has 0 aromatic carbocycles. The van der Waals surface area contributed by atoms with Gasteiger partial charge in [0.25, 0.3) is 0 Å². The molecule has 0 saturated heterocycles. The van der Waals surface area contributed by atoms with Crippen molar-refractivity contribution in [3.05, 3.63) is 12.8 Å². The van der Waals surface area contributed by atoms with Crippen LogP contribution in [-0.2, 0) is 4.74 Å². The van der Waals surface area contributed by atoms with E-state index in [1.165, 1.54) is 0 Å². The normalized spacial score (nSPS) is 7.62. The zero-order chi connectivity index (χ0) is 6.41. The number of hydrogen-bond acceptors (Lipinski definition) is 2. The van der Waals surface area contributed by atoms with Crippen LogP contribution >= 0.6 is 0 Å². The van der Waals surface area contributed by atoms with Gasteiger partial charge in [-0.1, -0.05) is 6.58 Å². The van der Waals surface area contributed by atoms with Crippen LogP contribution < -0.4 is 5.32 Å². The van der Waals surface area contributed by atoms with E-state index in [4.69, 9.17) is 0 Å². The van der Waals surface area contributed by atoms with Crippen molar-refractivity contribution >= 4 is 6.09 Å². The van der Waals surface area contributed by atoms with Crippen molar-refractivity contribution in [2.24, 2.45) is 0 Å². The molecule has 0 unspecified atom stereocenters. The van der Waals surface area contributed by atoms with Crippen LogP contribution in [-0.4, -0.2) is 12.7 Å². The topological polar surface area (TPSA) is 38.3 Å². The van der Waals surface area contributed by atoms with Gasteiger partial charge in [-0.3, -0.25) is 5.32 Å². The van der Waals surface area contributed by atoms with Gasteiger partial charge in [-0.05, 0) is 6.92 Å². The Morgan fingerprint density at radius 2 is 2.62 bits per heavy atom. The van der Waals surface area contributed by atoms with Gasteiger partial charge in [0.15, 0.2) is 0 Å². The average Bonchev–Trinajstić information content (AvgIpc) is 1.68. The van der Waals surface area contributed by atoms with Gasteiger partial charge in [0.05, 0.1) is 12.8 Å². The molecule has 0 spiro atoms. The Labute approximate surface area is 48.3 Å². The summed E-state index contributed by atoms with van der Waals surface area (Å²) in [5.41, 5.74) is 0. The lowest BCUT2D eigenvalue weighted by molar-refractivity contribution is 0.155. The van der Waals surface area contributed by atoms with Crippen LogP contribution in [0.15, 0.2) is 6.58 Å². The first-order chi connectivity index (χ1) is 3.81. The molecular weight excluding hydrogens is 106 g/mol. The molecule has 1 radical (unpaired) electrons. The van der Waals surface area contributed by atoms with E-state index in [0.717, 1.165) is 0 Å². The molecule has 8 heavy (non-hydrogen) atoms. The second kappa shape index (κ2) is 4.18. The molecule has 0 aromatic rings. The van der Waals surface area contributed by atoms with Gasteiger partial charge in [-0.15, -0.1) is 0 Å². The Hall–Kier alpha value is -0.990. The van der Waals surface area contributed by atoms with E-state index in [9.17, 15) is 4.79 Å². The third-order valence-electron chi connectivity index (χ3n) is 0.466. The highest BCUT2D eigenvalue weighted by atomic mass is 16.5. The highest BCUT2D eigenvalue weighted by Gasteiger charge is 1.91. The highest BCUT2D eigenvalue weighted by molar-refractivity contribution is 5.67. The minimum absolute atomic E-state index is 0.369. The molecule has 0 atom stereocenters. The van der Waals surface area contributed by atoms with Crippen LogP contribution in [0.4, 0.5) is 4.79 Å². The van der Waals surface area contributed by atoms with E-state index in [0.29, 0.717) is 6.61 Å².